The summed E-state index contributed by atoms with van der Waals surface area (Å²) in [5.41, 5.74) is 2.36. The molecule has 6 nitrogen and oxygen atoms in total. The summed E-state index contributed by atoms with van der Waals surface area (Å²) in [4.78, 5) is 23.5. The van der Waals surface area contributed by atoms with Crippen LogP contribution in [-0.4, -0.2) is 43.5 Å². The maximum atomic E-state index is 12.8. The molecule has 0 radical (unpaired) electrons. The molecule has 2 aliphatic rings. The number of carbonyl (C=O) groups excluding carboxylic acids is 2. The van der Waals surface area contributed by atoms with E-state index in [-0.39, 0.29) is 18.9 Å². The lowest BCUT2D eigenvalue weighted by Crippen LogP contribution is -2.57. The van der Waals surface area contributed by atoms with Crippen molar-refractivity contribution in [2.75, 3.05) is 19.8 Å². The molecule has 148 valence electrons. The van der Waals surface area contributed by atoms with Crippen molar-refractivity contribution in [2.45, 2.75) is 57.3 Å². The molecule has 0 unspecified atom stereocenters. The molecule has 0 atom stereocenters. The fourth-order valence-electron chi connectivity index (χ4n) is 4.11. The first-order valence-electron chi connectivity index (χ1n) is 9.27. The predicted molar refractivity (Wildman–Crippen MR) is 101 cm³/mol. The number of carbonyl (C=O) groups is 2. The van der Waals surface area contributed by atoms with Gasteiger partial charge in [0.25, 0.3) is 6.47 Å². The Morgan fingerprint density at radius 3 is 2.33 bits per heavy atom. The Bertz CT molecular complexity index is 681. The van der Waals surface area contributed by atoms with Gasteiger partial charge in [0.1, 0.15) is 6.61 Å². The molecule has 1 heterocycles. The summed E-state index contributed by atoms with van der Waals surface area (Å²) in [7, 11) is 0. The number of nitrogens with one attached hydrogen (secondary N) is 1. The van der Waals surface area contributed by atoms with Crippen LogP contribution in [-0.2, 0) is 30.2 Å². The zero-order valence-electron chi connectivity index (χ0n) is 15.8. The minimum Gasteiger partial charge on any atom is -0.465 e. The summed E-state index contributed by atoms with van der Waals surface area (Å²) in [6, 6.07) is 3.73. The summed E-state index contributed by atoms with van der Waals surface area (Å²) in [5.74, 6) is -0.638. The van der Waals surface area contributed by atoms with Crippen LogP contribution >= 0.6 is 11.6 Å². The molecule has 1 aromatic rings. The lowest BCUT2D eigenvalue weighted by Gasteiger charge is -2.43. The fraction of sp³-hybridized carbons (Fsp3) is 0.600. The second kappa shape index (κ2) is 8.17. The standard InChI is InChI=1S/C20H26ClNO5/c1-14-9-16(21)10-15(2)17(14)11-18(24)22-19(12-25-13-23)3-5-20(6-4-19)26-7-8-27-20/h9-10,13H,3-8,11-12H2,1-2H3,(H,22,24). The van der Waals surface area contributed by atoms with Crippen molar-refractivity contribution >= 4 is 24.0 Å². The van der Waals surface area contributed by atoms with Gasteiger partial charge >= 0.3 is 0 Å². The number of aryl methyl sites for hydroxylation is 2. The third kappa shape index (κ3) is 4.62. The molecule has 1 spiro atoms. The predicted octanol–water partition coefficient (Wildman–Crippen LogP) is 2.84. The average Bonchev–Trinajstić information content (AvgIpc) is 3.08. The molecular weight excluding hydrogens is 370 g/mol. The average molecular weight is 396 g/mol. The Morgan fingerprint density at radius 1 is 1.19 bits per heavy atom. The minimum atomic E-state index is -0.590. The van der Waals surface area contributed by atoms with Gasteiger partial charge in [-0.3, -0.25) is 9.59 Å². The summed E-state index contributed by atoms with van der Waals surface area (Å²) in [5, 5.41) is 3.79. The topological polar surface area (TPSA) is 73.9 Å². The number of ether oxygens (including phenoxy) is 3. The molecule has 1 aliphatic carbocycles. The van der Waals surface area contributed by atoms with Crippen molar-refractivity contribution in [1.29, 1.82) is 0 Å². The molecule has 27 heavy (non-hydrogen) atoms. The molecule has 3 rings (SSSR count). The highest BCUT2D eigenvalue weighted by atomic mass is 35.5. The van der Waals surface area contributed by atoms with Gasteiger partial charge in [-0.25, -0.2) is 0 Å². The molecule has 2 fully saturated rings. The van der Waals surface area contributed by atoms with Crippen LogP contribution in [0.1, 0.15) is 42.4 Å². The van der Waals surface area contributed by atoms with Gasteiger partial charge < -0.3 is 19.5 Å². The molecule has 1 aliphatic heterocycles. The maximum absolute atomic E-state index is 12.8. The maximum Gasteiger partial charge on any atom is 0.293 e. The fourth-order valence-corrected chi connectivity index (χ4v) is 4.44. The zero-order chi connectivity index (χ0) is 19.5. The number of hydrogen-bond donors (Lipinski definition) is 1. The Balaban J connectivity index is 1.69. The summed E-state index contributed by atoms with van der Waals surface area (Å²) in [6.07, 6.45) is 2.84. The SMILES string of the molecule is Cc1cc(Cl)cc(C)c1CC(=O)NC1(COC=O)CCC2(CC1)OCCO2. The molecule has 1 amide bonds. The van der Waals surface area contributed by atoms with E-state index in [4.69, 9.17) is 25.8 Å². The monoisotopic (exact) mass is 395 g/mol. The Labute approximate surface area is 164 Å². The molecule has 1 saturated carbocycles. The van der Waals surface area contributed by atoms with Gasteiger partial charge in [0.15, 0.2) is 5.79 Å². The van der Waals surface area contributed by atoms with E-state index in [9.17, 15) is 9.59 Å². The lowest BCUT2D eigenvalue weighted by atomic mass is 9.78. The van der Waals surface area contributed by atoms with Crippen molar-refractivity contribution in [3.8, 4) is 0 Å². The van der Waals surface area contributed by atoms with Crippen molar-refractivity contribution < 1.29 is 23.8 Å². The highest BCUT2D eigenvalue weighted by Crippen LogP contribution is 2.40. The smallest absolute Gasteiger partial charge is 0.293 e. The van der Waals surface area contributed by atoms with Crippen LogP contribution in [0.4, 0.5) is 0 Å². The molecule has 0 aromatic heterocycles. The number of amides is 1. The highest BCUT2D eigenvalue weighted by molar-refractivity contribution is 6.30. The number of hydrogen-bond acceptors (Lipinski definition) is 5. The van der Waals surface area contributed by atoms with Gasteiger partial charge in [-0.1, -0.05) is 11.6 Å². The first-order chi connectivity index (χ1) is 12.9. The number of halogens is 1. The van der Waals surface area contributed by atoms with Gasteiger partial charge in [-0.15, -0.1) is 0 Å². The first-order valence-corrected chi connectivity index (χ1v) is 9.65. The van der Waals surface area contributed by atoms with Crippen molar-refractivity contribution in [2.24, 2.45) is 0 Å². The van der Waals surface area contributed by atoms with E-state index in [1.807, 2.05) is 26.0 Å². The Morgan fingerprint density at radius 2 is 1.78 bits per heavy atom. The van der Waals surface area contributed by atoms with Crippen LogP contribution in [0.5, 0.6) is 0 Å². The molecular formula is C20H26ClNO5. The van der Waals surface area contributed by atoms with Gasteiger partial charge in [-0.05, 0) is 55.5 Å². The van der Waals surface area contributed by atoms with Gasteiger partial charge in [-0.2, -0.15) is 0 Å². The van der Waals surface area contributed by atoms with Crippen LogP contribution in [0, 0.1) is 13.8 Å². The summed E-state index contributed by atoms with van der Waals surface area (Å²) in [6.45, 7) is 5.67. The van der Waals surface area contributed by atoms with Crippen LogP contribution < -0.4 is 5.32 Å². The first kappa shape index (κ1) is 20.1. The molecule has 7 heteroatoms. The van der Waals surface area contributed by atoms with E-state index in [1.54, 1.807) is 0 Å². The van der Waals surface area contributed by atoms with E-state index in [0.29, 0.717) is 50.4 Å². The van der Waals surface area contributed by atoms with E-state index < -0.39 is 11.3 Å². The van der Waals surface area contributed by atoms with Gasteiger partial charge in [0.05, 0.1) is 25.2 Å². The van der Waals surface area contributed by atoms with Gasteiger partial charge in [0, 0.05) is 17.9 Å². The molecule has 1 aromatic carbocycles. The van der Waals surface area contributed by atoms with Crippen LogP contribution in [0.15, 0.2) is 12.1 Å². The van der Waals surface area contributed by atoms with Crippen LogP contribution in [0.25, 0.3) is 0 Å². The summed E-state index contributed by atoms with van der Waals surface area (Å²) < 4.78 is 16.6. The van der Waals surface area contributed by atoms with Crippen molar-refractivity contribution in [1.82, 2.24) is 5.32 Å². The van der Waals surface area contributed by atoms with E-state index in [2.05, 4.69) is 5.32 Å². The quantitative estimate of drug-likeness (QED) is 0.750. The lowest BCUT2D eigenvalue weighted by molar-refractivity contribution is -0.189. The normalized spacial score (nSPS) is 20.4. The van der Waals surface area contributed by atoms with Crippen molar-refractivity contribution in [3.63, 3.8) is 0 Å². The zero-order valence-corrected chi connectivity index (χ0v) is 16.6. The third-order valence-corrected chi connectivity index (χ3v) is 5.83. The molecule has 1 N–H and O–H groups in total. The van der Waals surface area contributed by atoms with E-state index in [0.717, 1.165) is 16.7 Å². The number of rotatable bonds is 6. The van der Waals surface area contributed by atoms with E-state index in [1.165, 1.54) is 0 Å². The third-order valence-electron chi connectivity index (χ3n) is 5.61. The Hall–Kier alpha value is -1.63. The van der Waals surface area contributed by atoms with Crippen LogP contribution in [0.3, 0.4) is 0 Å². The van der Waals surface area contributed by atoms with Crippen LogP contribution in [0.2, 0.25) is 5.02 Å². The van der Waals surface area contributed by atoms with E-state index >= 15 is 0 Å². The molecule has 0 bridgehead atoms. The molecule has 1 saturated heterocycles. The van der Waals surface area contributed by atoms with Crippen molar-refractivity contribution in [3.05, 3.63) is 33.8 Å². The largest absolute Gasteiger partial charge is 0.465 e. The second-order valence-electron chi connectivity index (χ2n) is 7.54. The highest BCUT2D eigenvalue weighted by Gasteiger charge is 2.47. The summed E-state index contributed by atoms with van der Waals surface area (Å²) >= 11 is 6.08. The second-order valence-corrected chi connectivity index (χ2v) is 7.97. The Kier molecular flexibility index (Phi) is 6.08. The number of benzene rings is 1. The van der Waals surface area contributed by atoms with Gasteiger partial charge in [0.2, 0.25) is 5.91 Å². The minimum absolute atomic E-state index is 0.0952.